The third-order valence-corrected chi connectivity index (χ3v) is 2.67. The summed E-state index contributed by atoms with van der Waals surface area (Å²) in [4.78, 5) is 4.18. The first-order valence-corrected chi connectivity index (χ1v) is 5.24. The first-order chi connectivity index (χ1) is 6.79. The van der Waals surface area contributed by atoms with Crippen LogP contribution in [0.1, 0.15) is 18.4 Å². The molecule has 0 aliphatic rings. The molecule has 0 unspecified atom stereocenters. The standard InChI is InChI=1S/C8H11N5S/c1-2-13-5-10-12-7(13)3-6-4-14-8(9)11-6/h4-5H,2-3H2,1H3,(H2,9,11). The predicted molar refractivity (Wildman–Crippen MR) is 55.0 cm³/mol. The zero-order chi connectivity index (χ0) is 9.97. The van der Waals surface area contributed by atoms with Gasteiger partial charge in [-0.2, -0.15) is 0 Å². The highest BCUT2D eigenvalue weighted by Crippen LogP contribution is 2.13. The topological polar surface area (TPSA) is 69.6 Å². The van der Waals surface area contributed by atoms with Gasteiger partial charge < -0.3 is 10.3 Å². The molecule has 0 radical (unpaired) electrons. The lowest BCUT2D eigenvalue weighted by molar-refractivity contribution is 0.709. The van der Waals surface area contributed by atoms with E-state index in [-0.39, 0.29) is 0 Å². The second kappa shape index (κ2) is 3.75. The van der Waals surface area contributed by atoms with Gasteiger partial charge in [0.2, 0.25) is 0 Å². The van der Waals surface area contributed by atoms with Crippen molar-refractivity contribution in [2.45, 2.75) is 19.9 Å². The number of thiazole rings is 1. The molecule has 0 amide bonds. The van der Waals surface area contributed by atoms with Crippen molar-refractivity contribution in [1.82, 2.24) is 19.7 Å². The molecule has 0 atom stereocenters. The molecule has 2 rings (SSSR count). The summed E-state index contributed by atoms with van der Waals surface area (Å²) in [6.07, 6.45) is 2.42. The van der Waals surface area contributed by atoms with E-state index in [0.717, 1.165) is 18.1 Å². The van der Waals surface area contributed by atoms with Crippen LogP contribution in [0, 0.1) is 0 Å². The van der Waals surface area contributed by atoms with Gasteiger partial charge >= 0.3 is 0 Å². The number of hydrogen-bond donors (Lipinski definition) is 1. The smallest absolute Gasteiger partial charge is 0.180 e. The van der Waals surface area contributed by atoms with E-state index in [1.54, 1.807) is 6.33 Å². The fourth-order valence-electron chi connectivity index (χ4n) is 1.25. The Hall–Kier alpha value is -1.43. The molecule has 0 aromatic carbocycles. The molecule has 0 aliphatic heterocycles. The van der Waals surface area contributed by atoms with Gasteiger partial charge in [0, 0.05) is 11.9 Å². The molecule has 0 spiro atoms. The quantitative estimate of drug-likeness (QED) is 0.816. The summed E-state index contributed by atoms with van der Waals surface area (Å²) in [5, 5.41) is 10.4. The van der Waals surface area contributed by atoms with E-state index in [4.69, 9.17) is 5.73 Å². The van der Waals surface area contributed by atoms with Gasteiger partial charge in [0.25, 0.3) is 0 Å². The average molecular weight is 209 g/mol. The van der Waals surface area contributed by atoms with Crippen LogP contribution >= 0.6 is 11.3 Å². The molecule has 0 fully saturated rings. The Morgan fingerprint density at radius 1 is 1.57 bits per heavy atom. The molecule has 0 aliphatic carbocycles. The van der Waals surface area contributed by atoms with Crippen molar-refractivity contribution in [3.63, 3.8) is 0 Å². The number of aryl methyl sites for hydroxylation is 1. The van der Waals surface area contributed by atoms with Gasteiger partial charge in [-0.3, -0.25) is 0 Å². The SMILES string of the molecule is CCn1cnnc1Cc1csc(N)n1. The van der Waals surface area contributed by atoms with Gasteiger partial charge in [-0.1, -0.05) is 0 Å². The first-order valence-electron chi connectivity index (χ1n) is 4.36. The maximum atomic E-state index is 5.54. The minimum Gasteiger partial charge on any atom is -0.375 e. The Labute approximate surface area is 85.6 Å². The first kappa shape index (κ1) is 9.14. The van der Waals surface area contributed by atoms with E-state index in [2.05, 4.69) is 22.1 Å². The lowest BCUT2D eigenvalue weighted by atomic mass is 10.3. The largest absolute Gasteiger partial charge is 0.375 e. The van der Waals surface area contributed by atoms with Crippen molar-refractivity contribution in [3.8, 4) is 0 Å². The van der Waals surface area contributed by atoms with Crippen molar-refractivity contribution in [2.24, 2.45) is 0 Å². The molecule has 2 N–H and O–H groups in total. The summed E-state index contributed by atoms with van der Waals surface area (Å²) < 4.78 is 2.00. The molecule has 5 nitrogen and oxygen atoms in total. The number of nitrogen functional groups attached to an aromatic ring is 1. The van der Waals surface area contributed by atoms with Crippen LogP contribution in [-0.2, 0) is 13.0 Å². The third-order valence-electron chi connectivity index (χ3n) is 1.95. The molecule has 14 heavy (non-hydrogen) atoms. The van der Waals surface area contributed by atoms with E-state index >= 15 is 0 Å². The van der Waals surface area contributed by atoms with Crippen molar-refractivity contribution < 1.29 is 0 Å². The summed E-state index contributed by atoms with van der Waals surface area (Å²) in [5.74, 6) is 0.929. The average Bonchev–Trinajstić information content (AvgIpc) is 2.76. The van der Waals surface area contributed by atoms with Gasteiger partial charge in [0.1, 0.15) is 12.2 Å². The summed E-state index contributed by atoms with van der Waals surface area (Å²) in [6, 6.07) is 0. The normalized spacial score (nSPS) is 10.6. The second-order valence-electron chi connectivity index (χ2n) is 2.89. The fraction of sp³-hybridized carbons (Fsp3) is 0.375. The molecule has 2 heterocycles. The lowest BCUT2D eigenvalue weighted by Crippen LogP contribution is -2.02. The van der Waals surface area contributed by atoms with Gasteiger partial charge in [-0.05, 0) is 6.92 Å². The predicted octanol–water partition coefficient (Wildman–Crippen LogP) is 0.927. The monoisotopic (exact) mass is 209 g/mol. The Kier molecular flexibility index (Phi) is 2.45. The zero-order valence-electron chi connectivity index (χ0n) is 7.84. The fourth-order valence-corrected chi connectivity index (χ4v) is 1.81. The Morgan fingerprint density at radius 2 is 2.43 bits per heavy atom. The lowest BCUT2D eigenvalue weighted by Gasteiger charge is -1.99. The van der Waals surface area contributed by atoms with Crippen LogP contribution in [-0.4, -0.2) is 19.7 Å². The third kappa shape index (κ3) is 1.74. The van der Waals surface area contributed by atoms with E-state index in [1.807, 2.05) is 9.95 Å². The molecule has 0 bridgehead atoms. The number of nitrogens with zero attached hydrogens (tertiary/aromatic N) is 4. The van der Waals surface area contributed by atoms with Crippen molar-refractivity contribution >= 4 is 16.5 Å². The van der Waals surface area contributed by atoms with Gasteiger partial charge in [0.05, 0.1) is 12.1 Å². The molecule has 2 aromatic rings. The Morgan fingerprint density at radius 3 is 3.07 bits per heavy atom. The van der Waals surface area contributed by atoms with Crippen molar-refractivity contribution in [1.29, 1.82) is 0 Å². The van der Waals surface area contributed by atoms with Crippen LogP contribution in [0.15, 0.2) is 11.7 Å². The molecular weight excluding hydrogens is 198 g/mol. The summed E-state index contributed by atoms with van der Waals surface area (Å²) in [7, 11) is 0. The maximum Gasteiger partial charge on any atom is 0.180 e. The highest BCUT2D eigenvalue weighted by Gasteiger charge is 2.06. The van der Waals surface area contributed by atoms with Crippen molar-refractivity contribution in [2.75, 3.05) is 5.73 Å². The minimum absolute atomic E-state index is 0.600. The van der Waals surface area contributed by atoms with E-state index in [9.17, 15) is 0 Å². The van der Waals surface area contributed by atoms with Gasteiger partial charge in [-0.15, -0.1) is 21.5 Å². The highest BCUT2D eigenvalue weighted by molar-refractivity contribution is 7.13. The molecule has 6 heteroatoms. The Balaban J connectivity index is 2.18. The minimum atomic E-state index is 0.600. The zero-order valence-corrected chi connectivity index (χ0v) is 8.66. The highest BCUT2D eigenvalue weighted by atomic mass is 32.1. The maximum absolute atomic E-state index is 5.54. The molecule has 2 aromatic heterocycles. The van der Waals surface area contributed by atoms with E-state index < -0.39 is 0 Å². The Bertz CT molecular complexity index is 419. The van der Waals surface area contributed by atoms with Crippen LogP contribution in [0.2, 0.25) is 0 Å². The van der Waals surface area contributed by atoms with Crippen LogP contribution < -0.4 is 5.73 Å². The van der Waals surface area contributed by atoms with Crippen molar-refractivity contribution in [3.05, 3.63) is 23.2 Å². The van der Waals surface area contributed by atoms with Crippen LogP contribution in [0.4, 0.5) is 5.13 Å². The van der Waals surface area contributed by atoms with Gasteiger partial charge in [0.15, 0.2) is 5.13 Å². The molecule has 74 valence electrons. The number of hydrogen-bond acceptors (Lipinski definition) is 5. The second-order valence-corrected chi connectivity index (χ2v) is 3.78. The summed E-state index contributed by atoms with van der Waals surface area (Å²) >= 11 is 1.45. The van der Waals surface area contributed by atoms with Crippen LogP contribution in [0.5, 0.6) is 0 Å². The number of anilines is 1. The summed E-state index contributed by atoms with van der Waals surface area (Å²) in [6.45, 7) is 2.93. The van der Waals surface area contributed by atoms with Crippen LogP contribution in [0.25, 0.3) is 0 Å². The van der Waals surface area contributed by atoms with E-state index in [1.165, 1.54) is 11.3 Å². The van der Waals surface area contributed by atoms with Gasteiger partial charge in [-0.25, -0.2) is 4.98 Å². The van der Waals surface area contributed by atoms with Crippen LogP contribution in [0.3, 0.4) is 0 Å². The number of rotatable bonds is 3. The number of nitrogens with two attached hydrogens (primary N) is 1. The number of aromatic nitrogens is 4. The molecule has 0 saturated heterocycles. The molecule has 0 saturated carbocycles. The molecular formula is C8H11N5S. The summed E-state index contributed by atoms with van der Waals surface area (Å²) in [5.41, 5.74) is 6.50. The van der Waals surface area contributed by atoms with E-state index in [0.29, 0.717) is 11.6 Å².